The molecule has 0 radical (unpaired) electrons. The summed E-state index contributed by atoms with van der Waals surface area (Å²) in [6.45, 7) is 0. The molecule has 3 nitrogen and oxygen atoms in total. The Labute approximate surface area is 135 Å². The molecule has 0 N–H and O–H groups in total. The third-order valence-electron chi connectivity index (χ3n) is 5.07. The molecule has 1 saturated carbocycles. The maximum atomic E-state index is 11.9. The number of fused-ring (bicyclic) bond motifs is 3. The standard InChI is InChI=1S/C20H21NO2/c1-23-20(22)14-11-12-19-17(13-14)16-9-5-6-10-18(16)21(19)15-7-3-2-4-8-15/h5-6,9-13,15H,2-4,7-8H2,1H3. The fraction of sp³-hybridized carbons (Fsp3) is 0.350. The number of para-hydroxylation sites is 1. The van der Waals surface area contributed by atoms with E-state index in [0.29, 0.717) is 11.6 Å². The van der Waals surface area contributed by atoms with Gasteiger partial charge in [0, 0.05) is 27.8 Å². The second-order valence-corrected chi connectivity index (χ2v) is 6.40. The summed E-state index contributed by atoms with van der Waals surface area (Å²) in [5, 5.41) is 2.37. The number of carbonyl (C=O) groups is 1. The van der Waals surface area contributed by atoms with Crippen molar-refractivity contribution in [2.45, 2.75) is 38.1 Å². The number of hydrogen-bond acceptors (Lipinski definition) is 2. The van der Waals surface area contributed by atoms with Crippen molar-refractivity contribution in [3.8, 4) is 0 Å². The van der Waals surface area contributed by atoms with Crippen molar-refractivity contribution in [1.82, 2.24) is 4.57 Å². The highest BCUT2D eigenvalue weighted by molar-refractivity contribution is 6.10. The van der Waals surface area contributed by atoms with Gasteiger partial charge in [-0.25, -0.2) is 4.79 Å². The highest BCUT2D eigenvalue weighted by atomic mass is 16.5. The highest BCUT2D eigenvalue weighted by Crippen LogP contribution is 2.37. The van der Waals surface area contributed by atoms with E-state index in [1.54, 1.807) is 0 Å². The van der Waals surface area contributed by atoms with E-state index >= 15 is 0 Å². The zero-order valence-electron chi connectivity index (χ0n) is 13.4. The second kappa shape index (κ2) is 5.73. The highest BCUT2D eigenvalue weighted by Gasteiger charge is 2.21. The predicted molar refractivity (Wildman–Crippen MR) is 92.9 cm³/mol. The molecule has 4 rings (SSSR count). The largest absolute Gasteiger partial charge is 0.465 e. The van der Waals surface area contributed by atoms with Crippen molar-refractivity contribution in [3.05, 3.63) is 48.0 Å². The number of hydrogen-bond donors (Lipinski definition) is 0. The SMILES string of the molecule is COC(=O)c1ccc2c(c1)c1ccccc1n2C1CCCCC1. The maximum absolute atomic E-state index is 11.9. The van der Waals surface area contributed by atoms with Crippen molar-refractivity contribution < 1.29 is 9.53 Å². The molecule has 1 aliphatic rings. The summed E-state index contributed by atoms with van der Waals surface area (Å²) in [7, 11) is 1.43. The van der Waals surface area contributed by atoms with Gasteiger partial charge >= 0.3 is 5.97 Å². The van der Waals surface area contributed by atoms with E-state index in [9.17, 15) is 4.79 Å². The third kappa shape index (κ3) is 2.31. The molecule has 3 aromatic rings. The van der Waals surface area contributed by atoms with Gasteiger partial charge < -0.3 is 9.30 Å². The lowest BCUT2D eigenvalue weighted by Crippen LogP contribution is -2.12. The van der Waals surface area contributed by atoms with Gasteiger partial charge in [-0.15, -0.1) is 0 Å². The molecule has 0 amide bonds. The average molecular weight is 307 g/mol. The summed E-state index contributed by atoms with van der Waals surface area (Å²) in [5.74, 6) is -0.276. The van der Waals surface area contributed by atoms with E-state index in [1.807, 2.05) is 12.1 Å². The van der Waals surface area contributed by atoms with Crippen LogP contribution in [-0.4, -0.2) is 17.6 Å². The number of nitrogens with zero attached hydrogens (tertiary/aromatic N) is 1. The molecule has 0 aliphatic heterocycles. The van der Waals surface area contributed by atoms with E-state index in [0.717, 1.165) is 5.39 Å². The van der Waals surface area contributed by atoms with Crippen LogP contribution in [0.1, 0.15) is 48.5 Å². The molecule has 1 heterocycles. The Morgan fingerprint density at radius 3 is 2.52 bits per heavy atom. The first-order chi connectivity index (χ1) is 11.3. The second-order valence-electron chi connectivity index (χ2n) is 6.40. The van der Waals surface area contributed by atoms with Crippen molar-refractivity contribution in [1.29, 1.82) is 0 Å². The third-order valence-corrected chi connectivity index (χ3v) is 5.07. The number of ether oxygens (including phenoxy) is 1. The first-order valence-corrected chi connectivity index (χ1v) is 8.40. The van der Waals surface area contributed by atoms with E-state index in [2.05, 4.69) is 34.9 Å². The van der Waals surface area contributed by atoms with E-state index < -0.39 is 0 Å². The number of rotatable bonds is 2. The number of esters is 1. The van der Waals surface area contributed by atoms with E-state index in [1.165, 1.54) is 55.6 Å². The molecule has 0 unspecified atom stereocenters. The molecule has 3 heteroatoms. The van der Waals surface area contributed by atoms with Crippen LogP contribution in [0.25, 0.3) is 21.8 Å². The lowest BCUT2D eigenvalue weighted by atomic mass is 9.95. The van der Waals surface area contributed by atoms with Crippen LogP contribution in [-0.2, 0) is 4.74 Å². The summed E-state index contributed by atoms with van der Waals surface area (Å²) in [6.07, 6.45) is 6.44. The van der Waals surface area contributed by atoms with Gasteiger partial charge in [-0.3, -0.25) is 0 Å². The Kier molecular flexibility index (Phi) is 3.56. The zero-order chi connectivity index (χ0) is 15.8. The van der Waals surface area contributed by atoms with Gasteiger partial charge in [-0.2, -0.15) is 0 Å². The molecular formula is C20H21NO2. The summed E-state index contributed by atoms with van der Waals surface area (Å²) >= 11 is 0. The van der Waals surface area contributed by atoms with Crippen LogP contribution in [0.2, 0.25) is 0 Å². The summed E-state index contributed by atoms with van der Waals surface area (Å²) in [5.41, 5.74) is 3.12. The molecule has 2 aromatic carbocycles. The first kappa shape index (κ1) is 14.3. The minimum atomic E-state index is -0.276. The van der Waals surface area contributed by atoms with E-state index in [-0.39, 0.29) is 5.97 Å². The zero-order valence-corrected chi connectivity index (χ0v) is 13.4. The minimum absolute atomic E-state index is 0.276. The van der Waals surface area contributed by atoms with Crippen LogP contribution >= 0.6 is 0 Å². The summed E-state index contributed by atoms with van der Waals surface area (Å²) < 4.78 is 7.37. The van der Waals surface area contributed by atoms with Gasteiger partial charge in [0.05, 0.1) is 12.7 Å². The van der Waals surface area contributed by atoms with Crippen molar-refractivity contribution >= 4 is 27.8 Å². The molecule has 1 aromatic heterocycles. The number of benzene rings is 2. The molecule has 1 fully saturated rings. The average Bonchev–Trinajstić information content (AvgIpc) is 2.95. The maximum Gasteiger partial charge on any atom is 0.337 e. The van der Waals surface area contributed by atoms with Crippen molar-refractivity contribution in [2.24, 2.45) is 0 Å². The van der Waals surface area contributed by atoms with Gasteiger partial charge in [0.1, 0.15) is 0 Å². The van der Waals surface area contributed by atoms with Crippen LogP contribution in [0.3, 0.4) is 0 Å². The Hall–Kier alpha value is -2.29. The van der Waals surface area contributed by atoms with Crippen LogP contribution < -0.4 is 0 Å². The van der Waals surface area contributed by atoms with Gasteiger partial charge in [-0.1, -0.05) is 37.5 Å². The molecular weight excluding hydrogens is 286 g/mol. The first-order valence-electron chi connectivity index (χ1n) is 8.40. The van der Waals surface area contributed by atoms with Gasteiger partial charge in [0.2, 0.25) is 0 Å². The number of carbonyl (C=O) groups excluding carboxylic acids is 1. The smallest absolute Gasteiger partial charge is 0.337 e. The quantitative estimate of drug-likeness (QED) is 0.618. The Bertz CT molecular complexity index is 872. The Balaban J connectivity index is 1.98. The predicted octanol–water partition coefficient (Wildman–Crippen LogP) is 5.09. The molecule has 0 saturated heterocycles. The fourth-order valence-electron chi connectivity index (χ4n) is 3.98. The lowest BCUT2D eigenvalue weighted by Gasteiger charge is -2.25. The Morgan fingerprint density at radius 1 is 1.00 bits per heavy atom. The Morgan fingerprint density at radius 2 is 1.74 bits per heavy atom. The topological polar surface area (TPSA) is 31.2 Å². The lowest BCUT2D eigenvalue weighted by molar-refractivity contribution is 0.0601. The van der Waals surface area contributed by atoms with Gasteiger partial charge in [0.15, 0.2) is 0 Å². The van der Waals surface area contributed by atoms with Gasteiger partial charge in [-0.05, 0) is 37.1 Å². The van der Waals surface area contributed by atoms with Crippen molar-refractivity contribution in [3.63, 3.8) is 0 Å². The number of aromatic nitrogens is 1. The molecule has 23 heavy (non-hydrogen) atoms. The fourth-order valence-corrected chi connectivity index (χ4v) is 3.98. The van der Waals surface area contributed by atoms with Crippen LogP contribution in [0.15, 0.2) is 42.5 Å². The molecule has 0 spiro atoms. The van der Waals surface area contributed by atoms with Crippen LogP contribution in [0.5, 0.6) is 0 Å². The minimum Gasteiger partial charge on any atom is -0.465 e. The summed E-state index contributed by atoms with van der Waals surface area (Å²) in [6, 6.07) is 15.0. The van der Waals surface area contributed by atoms with Crippen molar-refractivity contribution in [2.75, 3.05) is 7.11 Å². The van der Waals surface area contributed by atoms with Crippen LogP contribution in [0, 0.1) is 0 Å². The monoisotopic (exact) mass is 307 g/mol. The van der Waals surface area contributed by atoms with Crippen LogP contribution in [0.4, 0.5) is 0 Å². The molecule has 1 aliphatic carbocycles. The molecule has 0 bridgehead atoms. The normalized spacial score (nSPS) is 16.0. The molecule has 0 atom stereocenters. The molecule has 118 valence electrons. The van der Waals surface area contributed by atoms with Gasteiger partial charge in [0.25, 0.3) is 0 Å². The number of methoxy groups -OCH3 is 1. The summed E-state index contributed by atoms with van der Waals surface area (Å²) in [4.78, 5) is 11.9. The van der Waals surface area contributed by atoms with E-state index in [4.69, 9.17) is 4.74 Å².